The van der Waals surface area contributed by atoms with Crippen LogP contribution in [0.15, 0.2) is 54.6 Å². The number of rotatable bonds is 9. The molecule has 2 aromatic carbocycles. The van der Waals surface area contributed by atoms with Crippen LogP contribution in [0.2, 0.25) is 0 Å². The van der Waals surface area contributed by atoms with Gasteiger partial charge in [0.1, 0.15) is 18.2 Å². The second kappa shape index (κ2) is 10.5. The van der Waals surface area contributed by atoms with Crippen molar-refractivity contribution in [2.75, 3.05) is 6.61 Å². The number of likely N-dealkylation sites (tertiary alicyclic amines) is 1. The van der Waals surface area contributed by atoms with Crippen molar-refractivity contribution < 1.29 is 19.5 Å². The van der Waals surface area contributed by atoms with E-state index in [1.54, 1.807) is 21.3 Å². The summed E-state index contributed by atoms with van der Waals surface area (Å²) in [7, 11) is 0. The number of thioether (sulfide) groups is 1. The lowest BCUT2D eigenvalue weighted by Crippen LogP contribution is -2.57. The van der Waals surface area contributed by atoms with E-state index in [0.29, 0.717) is 13.0 Å². The summed E-state index contributed by atoms with van der Waals surface area (Å²) in [5, 5.41) is 24.7. The molecule has 3 amide bonds. The van der Waals surface area contributed by atoms with E-state index in [2.05, 4.69) is 20.9 Å². The van der Waals surface area contributed by atoms with Crippen LogP contribution < -0.4 is 10.6 Å². The molecule has 10 nitrogen and oxygen atoms in total. The van der Waals surface area contributed by atoms with E-state index in [4.69, 9.17) is 0 Å². The third-order valence-electron chi connectivity index (χ3n) is 8.74. The summed E-state index contributed by atoms with van der Waals surface area (Å²) in [4.78, 5) is 43.4. The van der Waals surface area contributed by atoms with Crippen LogP contribution in [0.1, 0.15) is 32.3 Å². The number of carbonyl (C=O) groups excluding carboxylic acids is 3. The number of nitrogens with one attached hydrogen (secondary N) is 2. The van der Waals surface area contributed by atoms with Crippen molar-refractivity contribution in [2.45, 2.75) is 62.0 Å². The van der Waals surface area contributed by atoms with Gasteiger partial charge < -0.3 is 20.6 Å². The van der Waals surface area contributed by atoms with Gasteiger partial charge in [-0.2, -0.15) is 0 Å². The first-order valence-corrected chi connectivity index (χ1v) is 14.7. The zero-order chi connectivity index (χ0) is 28.0. The fourth-order valence-corrected chi connectivity index (χ4v) is 9.06. The van der Waals surface area contributed by atoms with E-state index < -0.39 is 28.7 Å². The van der Waals surface area contributed by atoms with Crippen LogP contribution in [0.3, 0.4) is 0 Å². The van der Waals surface area contributed by atoms with Crippen LogP contribution in [-0.2, 0) is 27.6 Å². The molecule has 3 aliphatic heterocycles. The third-order valence-corrected chi connectivity index (χ3v) is 10.7. The number of aliphatic hydroxyl groups excluding tert-OH is 1. The molecule has 6 rings (SSSR count). The van der Waals surface area contributed by atoms with Crippen molar-refractivity contribution in [2.24, 2.45) is 17.8 Å². The molecule has 0 radical (unpaired) electrons. The summed E-state index contributed by atoms with van der Waals surface area (Å²) < 4.78 is 0.891. The SMILES string of the molecule is CC(C)[C@H](CO)N1C(=O)[C@@H]2[C@@H](C(=O)NCc3ccccc3)[C@H]3CCC2(S3)C1C(=O)NCn1nnc2ccccc21. The average molecular weight is 563 g/mol. The molecule has 4 heterocycles. The Kier molecular flexibility index (Phi) is 7.03. The van der Waals surface area contributed by atoms with Crippen molar-refractivity contribution in [3.05, 3.63) is 60.2 Å². The van der Waals surface area contributed by atoms with Gasteiger partial charge in [0.25, 0.3) is 0 Å². The lowest BCUT2D eigenvalue weighted by atomic mass is 9.70. The second-order valence-corrected chi connectivity index (χ2v) is 12.9. The lowest BCUT2D eigenvalue weighted by molar-refractivity contribution is -0.143. The molecule has 40 heavy (non-hydrogen) atoms. The number of benzene rings is 2. The van der Waals surface area contributed by atoms with Crippen LogP contribution in [0.25, 0.3) is 11.0 Å². The average Bonchev–Trinajstić information content (AvgIpc) is 3.71. The topological polar surface area (TPSA) is 129 Å². The Labute approximate surface area is 236 Å². The van der Waals surface area contributed by atoms with Crippen LogP contribution in [0, 0.1) is 17.8 Å². The van der Waals surface area contributed by atoms with Crippen molar-refractivity contribution in [3.63, 3.8) is 0 Å². The molecule has 3 saturated heterocycles. The predicted molar refractivity (Wildman–Crippen MR) is 151 cm³/mol. The van der Waals surface area contributed by atoms with E-state index in [1.165, 1.54) is 0 Å². The molecule has 0 aliphatic carbocycles. The van der Waals surface area contributed by atoms with Crippen molar-refractivity contribution >= 4 is 40.5 Å². The number of hydrogen-bond acceptors (Lipinski definition) is 7. The van der Waals surface area contributed by atoms with Gasteiger partial charge in [0.05, 0.1) is 34.7 Å². The zero-order valence-corrected chi connectivity index (χ0v) is 23.4. The first-order chi connectivity index (χ1) is 19.4. The molecule has 3 N–H and O–H groups in total. The normalized spacial score (nSPS) is 27.8. The van der Waals surface area contributed by atoms with Crippen molar-refractivity contribution in [3.8, 4) is 0 Å². The van der Waals surface area contributed by atoms with Gasteiger partial charge in [0, 0.05) is 11.8 Å². The van der Waals surface area contributed by atoms with Crippen molar-refractivity contribution in [1.82, 2.24) is 30.5 Å². The first-order valence-electron chi connectivity index (χ1n) is 13.8. The molecule has 6 atom stereocenters. The van der Waals surface area contributed by atoms with E-state index in [9.17, 15) is 19.5 Å². The highest BCUT2D eigenvalue weighted by Gasteiger charge is 2.74. The Balaban J connectivity index is 1.29. The van der Waals surface area contributed by atoms with E-state index >= 15 is 0 Å². The van der Waals surface area contributed by atoms with Gasteiger partial charge in [-0.05, 0) is 36.5 Å². The Morgan fingerprint density at radius 2 is 1.85 bits per heavy atom. The van der Waals surface area contributed by atoms with Crippen LogP contribution in [-0.4, -0.2) is 71.4 Å². The quantitative estimate of drug-likeness (QED) is 0.363. The zero-order valence-electron chi connectivity index (χ0n) is 22.6. The van der Waals surface area contributed by atoms with Gasteiger partial charge >= 0.3 is 0 Å². The van der Waals surface area contributed by atoms with Gasteiger partial charge in [-0.25, -0.2) is 4.68 Å². The molecule has 2 unspecified atom stereocenters. The minimum absolute atomic E-state index is 0.0342. The van der Waals surface area contributed by atoms with Gasteiger partial charge in [0.2, 0.25) is 17.7 Å². The molecular weight excluding hydrogens is 528 g/mol. The van der Waals surface area contributed by atoms with Crippen LogP contribution in [0.5, 0.6) is 0 Å². The monoisotopic (exact) mass is 562 g/mol. The number of aliphatic hydroxyl groups is 1. The molecule has 1 spiro atoms. The Hall–Kier alpha value is -3.44. The van der Waals surface area contributed by atoms with Gasteiger partial charge in [-0.1, -0.05) is 61.5 Å². The van der Waals surface area contributed by atoms with Crippen LogP contribution in [0.4, 0.5) is 0 Å². The summed E-state index contributed by atoms with van der Waals surface area (Å²) in [5.41, 5.74) is 2.50. The summed E-state index contributed by atoms with van der Waals surface area (Å²) in [6.07, 6.45) is 1.42. The number of fused-ring (bicyclic) bond motifs is 2. The Bertz CT molecular complexity index is 1430. The predicted octanol–water partition coefficient (Wildman–Crippen LogP) is 1.93. The van der Waals surface area contributed by atoms with Crippen molar-refractivity contribution in [1.29, 1.82) is 0 Å². The molecule has 2 bridgehead atoms. The first kappa shape index (κ1) is 26.8. The number of hydrogen-bond donors (Lipinski definition) is 3. The molecular formula is C29H34N6O4S. The summed E-state index contributed by atoms with van der Waals surface area (Å²) in [6, 6.07) is 15.8. The highest BCUT2D eigenvalue weighted by molar-refractivity contribution is 8.02. The maximum atomic E-state index is 14.2. The fraction of sp³-hybridized carbons (Fsp3) is 0.483. The number of para-hydroxylation sites is 1. The van der Waals surface area contributed by atoms with Gasteiger partial charge in [-0.3, -0.25) is 14.4 Å². The standard InChI is InChI=1S/C29H34N6O4S/c1-17(2)21(15-36)35-25(27(38)31-16-34-20-11-7-6-10-19(20)32-33-34)29-13-12-22(40-29)23(24(29)28(35)39)26(37)30-14-18-8-4-3-5-9-18/h3-11,17,21-25,36H,12-16H2,1-2H3,(H,30,37)(H,31,38)/t21-,22+,23-,24-,25?,29?/m0/s1. The molecule has 1 aromatic heterocycles. The maximum Gasteiger partial charge on any atom is 0.245 e. The second-order valence-electron chi connectivity index (χ2n) is 11.3. The minimum atomic E-state index is -0.804. The molecule has 3 aliphatic rings. The van der Waals surface area contributed by atoms with Gasteiger partial charge in [-0.15, -0.1) is 16.9 Å². The number of aromatic nitrogens is 3. The number of amides is 3. The Morgan fingerprint density at radius 3 is 2.60 bits per heavy atom. The summed E-state index contributed by atoms with van der Waals surface area (Å²) in [5.74, 6) is -1.89. The summed E-state index contributed by atoms with van der Waals surface area (Å²) >= 11 is 1.62. The molecule has 3 aromatic rings. The Morgan fingerprint density at radius 1 is 1.10 bits per heavy atom. The molecule has 210 valence electrons. The van der Waals surface area contributed by atoms with E-state index in [-0.39, 0.29) is 42.2 Å². The van der Waals surface area contributed by atoms with Gasteiger partial charge in [0.15, 0.2) is 0 Å². The fourth-order valence-electron chi connectivity index (χ4n) is 6.85. The minimum Gasteiger partial charge on any atom is -0.394 e. The largest absolute Gasteiger partial charge is 0.394 e. The maximum absolute atomic E-state index is 14.2. The molecule has 3 fully saturated rings. The highest BCUT2D eigenvalue weighted by atomic mass is 32.2. The summed E-state index contributed by atoms with van der Waals surface area (Å²) in [6.45, 7) is 4.09. The molecule has 11 heteroatoms. The lowest BCUT2D eigenvalue weighted by Gasteiger charge is -2.38. The number of carbonyl (C=O) groups is 3. The third kappa shape index (κ3) is 4.26. The number of nitrogens with zero attached hydrogens (tertiary/aromatic N) is 4. The van der Waals surface area contributed by atoms with E-state index in [1.807, 2.05) is 68.4 Å². The van der Waals surface area contributed by atoms with Crippen LogP contribution >= 0.6 is 11.8 Å². The smallest absolute Gasteiger partial charge is 0.245 e. The highest BCUT2D eigenvalue weighted by Crippen LogP contribution is 2.66. The molecule has 0 saturated carbocycles. The van der Waals surface area contributed by atoms with E-state index in [0.717, 1.165) is 23.0 Å².